The molecular formula is C13H17ClN2O. The molecule has 17 heavy (non-hydrogen) atoms. The van der Waals surface area contributed by atoms with Crippen LogP contribution in [0.5, 0.6) is 0 Å². The molecule has 2 N–H and O–H groups in total. The normalized spacial score (nSPS) is 14.6. The molecule has 4 heteroatoms. The highest BCUT2D eigenvalue weighted by atomic mass is 35.5. The maximum absolute atomic E-state index is 11.6. The average Bonchev–Trinajstić information content (AvgIpc) is 3.08. The summed E-state index contributed by atoms with van der Waals surface area (Å²) in [5.74, 6) is 0.0462. The summed E-state index contributed by atoms with van der Waals surface area (Å²) in [6, 6.07) is 8.10. The molecule has 0 atom stereocenters. The third-order valence-electron chi connectivity index (χ3n) is 2.71. The highest BCUT2D eigenvalue weighted by molar-refractivity contribution is 6.30. The number of amides is 1. The van der Waals surface area contributed by atoms with E-state index in [9.17, 15) is 4.79 Å². The van der Waals surface area contributed by atoms with Gasteiger partial charge in [-0.05, 0) is 30.5 Å². The van der Waals surface area contributed by atoms with Gasteiger partial charge in [0.15, 0.2) is 0 Å². The van der Waals surface area contributed by atoms with Crippen molar-refractivity contribution in [2.24, 2.45) is 0 Å². The molecular weight excluding hydrogens is 236 g/mol. The van der Waals surface area contributed by atoms with E-state index < -0.39 is 0 Å². The molecule has 1 aliphatic rings. The number of nitrogens with one attached hydrogen (secondary N) is 2. The van der Waals surface area contributed by atoms with Crippen molar-refractivity contribution in [3.05, 3.63) is 34.9 Å². The maximum atomic E-state index is 11.6. The van der Waals surface area contributed by atoms with Gasteiger partial charge in [0, 0.05) is 24.2 Å². The summed E-state index contributed by atoms with van der Waals surface area (Å²) >= 11 is 5.86. The first-order valence-electron chi connectivity index (χ1n) is 5.98. The van der Waals surface area contributed by atoms with Gasteiger partial charge in [-0.3, -0.25) is 4.79 Å². The lowest BCUT2D eigenvalue weighted by molar-refractivity contribution is -0.120. The zero-order chi connectivity index (χ0) is 12.1. The molecule has 0 bridgehead atoms. The lowest BCUT2D eigenvalue weighted by Gasteiger charge is -2.06. The number of halogens is 1. The second-order valence-corrected chi connectivity index (χ2v) is 4.82. The second-order valence-electron chi connectivity index (χ2n) is 4.39. The van der Waals surface area contributed by atoms with Gasteiger partial charge in [-0.2, -0.15) is 0 Å². The van der Waals surface area contributed by atoms with E-state index in [1.807, 2.05) is 24.3 Å². The number of hydrogen-bond donors (Lipinski definition) is 2. The van der Waals surface area contributed by atoms with E-state index in [0.29, 0.717) is 24.0 Å². The molecule has 0 unspecified atom stereocenters. The van der Waals surface area contributed by atoms with Crippen molar-refractivity contribution in [1.29, 1.82) is 0 Å². The van der Waals surface area contributed by atoms with E-state index in [2.05, 4.69) is 10.6 Å². The highest BCUT2D eigenvalue weighted by Crippen LogP contribution is 2.17. The zero-order valence-corrected chi connectivity index (χ0v) is 10.5. The summed E-state index contributed by atoms with van der Waals surface area (Å²) in [6.45, 7) is 1.54. The summed E-state index contributed by atoms with van der Waals surface area (Å²) in [5.41, 5.74) is 0.949. The molecule has 1 aliphatic carbocycles. The van der Waals surface area contributed by atoms with Gasteiger partial charge < -0.3 is 10.6 Å². The van der Waals surface area contributed by atoms with Gasteiger partial charge in [-0.1, -0.05) is 23.7 Å². The molecule has 1 aromatic carbocycles. The monoisotopic (exact) mass is 252 g/mol. The van der Waals surface area contributed by atoms with Gasteiger partial charge in [-0.15, -0.1) is 0 Å². The number of hydrogen-bond acceptors (Lipinski definition) is 2. The fraction of sp³-hybridized carbons (Fsp3) is 0.462. The van der Waals surface area contributed by atoms with Gasteiger partial charge in [0.05, 0.1) is 6.42 Å². The Morgan fingerprint density at radius 1 is 1.35 bits per heavy atom. The van der Waals surface area contributed by atoms with E-state index >= 15 is 0 Å². The summed E-state index contributed by atoms with van der Waals surface area (Å²) in [5, 5.41) is 6.91. The third kappa shape index (κ3) is 4.75. The average molecular weight is 253 g/mol. The Bertz CT molecular complexity index is 391. The maximum Gasteiger partial charge on any atom is 0.224 e. The second kappa shape index (κ2) is 6.03. The van der Waals surface area contributed by atoms with Crippen LogP contribution in [0.3, 0.4) is 0 Å². The Morgan fingerprint density at radius 2 is 2.18 bits per heavy atom. The van der Waals surface area contributed by atoms with Crippen molar-refractivity contribution >= 4 is 17.5 Å². The molecule has 92 valence electrons. The SMILES string of the molecule is O=C(Cc1cccc(Cl)c1)NCCNC1CC1. The van der Waals surface area contributed by atoms with Crippen LogP contribution in [0.4, 0.5) is 0 Å². The minimum absolute atomic E-state index is 0.0462. The molecule has 1 fully saturated rings. The first-order chi connectivity index (χ1) is 8.24. The van der Waals surface area contributed by atoms with E-state index in [0.717, 1.165) is 12.1 Å². The lowest BCUT2D eigenvalue weighted by atomic mass is 10.1. The first kappa shape index (κ1) is 12.4. The van der Waals surface area contributed by atoms with Crippen molar-refractivity contribution in [2.75, 3.05) is 13.1 Å². The molecule has 0 heterocycles. The number of carbonyl (C=O) groups is 1. The summed E-state index contributed by atoms with van der Waals surface area (Å²) in [6.07, 6.45) is 2.94. The van der Waals surface area contributed by atoms with Crippen LogP contribution in [0.15, 0.2) is 24.3 Å². The van der Waals surface area contributed by atoms with E-state index in [-0.39, 0.29) is 5.91 Å². The number of rotatable bonds is 6. The van der Waals surface area contributed by atoms with Crippen LogP contribution in [-0.4, -0.2) is 25.0 Å². The molecule has 1 aromatic rings. The van der Waals surface area contributed by atoms with Crippen LogP contribution in [0, 0.1) is 0 Å². The first-order valence-corrected chi connectivity index (χ1v) is 6.36. The van der Waals surface area contributed by atoms with Gasteiger partial charge >= 0.3 is 0 Å². The van der Waals surface area contributed by atoms with Crippen molar-refractivity contribution in [3.63, 3.8) is 0 Å². The van der Waals surface area contributed by atoms with Gasteiger partial charge in [0.2, 0.25) is 5.91 Å². The van der Waals surface area contributed by atoms with Crippen molar-refractivity contribution in [1.82, 2.24) is 10.6 Å². The highest BCUT2D eigenvalue weighted by Gasteiger charge is 2.19. The molecule has 0 radical (unpaired) electrons. The Morgan fingerprint density at radius 3 is 2.88 bits per heavy atom. The van der Waals surface area contributed by atoms with Crippen molar-refractivity contribution < 1.29 is 4.79 Å². The van der Waals surface area contributed by atoms with Gasteiger partial charge in [0.1, 0.15) is 0 Å². The molecule has 0 saturated heterocycles. The van der Waals surface area contributed by atoms with E-state index in [1.54, 1.807) is 0 Å². The van der Waals surface area contributed by atoms with Crippen LogP contribution in [0.2, 0.25) is 5.02 Å². The Balaban J connectivity index is 1.65. The van der Waals surface area contributed by atoms with Crippen LogP contribution in [0.25, 0.3) is 0 Å². The fourth-order valence-electron chi connectivity index (χ4n) is 1.66. The quantitative estimate of drug-likeness (QED) is 0.758. The summed E-state index contributed by atoms with van der Waals surface area (Å²) in [4.78, 5) is 11.6. The van der Waals surface area contributed by atoms with Crippen molar-refractivity contribution in [3.8, 4) is 0 Å². The molecule has 0 aliphatic heterocycles. The zero-order valence-electron chi connectivity index (χ0n) is 9.71. The molecule has 2 rings (SSSR count). The predicted octanol–water partition coefficient (Wildman–Crippen LogP) is 1.75. The van der Waals surface area contributed by atoms with Crippen molar-refractivity contribution in [2.45, 2.75) is 25.3 Å². The smallest absolute Gasteiger partial charge is 0.224 e. The third-order valence-corrected chi connectivity index (χ3v) is 2.95. The Kier molecular flexibility index (Phi) is 4.40. The van der Waals surface area contributed by atoms with Crippen LogP contribution in [0.1, 0.15) is 18.4 Å². The Hall–Kier alpha value is -1.06. The minimum Gasteiger partial charge on any atom is -0.355 e. The molecule has 0 aromatic heterocycles. The predicted molar refractivity (Wildman–Crippen MR) is 69.2 cm³/mol. The lowest BCUT2D eigenvalue weighted by Crippen LogP contribution is -2.33. The topological polar surface area (TPSA) is 41.1 Å². The minimum atomic E-state index is 0.0462. The summed E-state index contributed by atoms with van der Waals surface area (Å²) in [7, 11) is 0. The van der Waals surface area contributed by atoms with Gasteiger partial charge in [-0.25, -0.2) is 0 Å². The van der Waals surface area contributed by atoms with Crippen LogP contribution in [-0.2, 0) is 11.2 Å². The largest absolute Gasteiger partial charge is 0.355 e. The van der Waals surface area contributed by atoms with E-state index in [1.165, 1.54) is 12.8 Å². The number of carbonyl (C=O) groups excluding carboxylic acids is 1. The molecule has 1 amide bonds. The van der Waals surface area contributed by atoms with Crippen LogP contribution >= 0.6 is 11.6 Å². The van der Waals surface area contributed by atoms with Crippen LogP contribution < -0.4 is 10.6 Å². The molecule has 0 spiro atoms. The van der Waals surface area contributed by atoms with Gasteiger partial charge in [0.25, 0.3) is 0 Å². The Labute approximate surface area is 107 Å². The van der Waals surface area contributed by atoms with E-state index in [4.69, 9.17) is 11.6 Å². The number of benzene rings is 1. The summed E-state index contributed by atoms with van der Waals surface area (Å²) < 4.78 is 0. The fourth-order valence-corrected chi connectivity index (χ4v) is 1.87. The molecule has 3 nitrogen and oxygen atoms in total. The standard InChI is InChI=1S/C13H17ClN2O/c14-11-3-1-2-10(8-11)9-13(17)16-7-6-15-12-4-5-12/h1-3,8,12,15H,4-7,9H2,(H,16,17). The molecule has 1 saturated carbocycles.